The summed E-state index contributed by atoms with van der Waals surface area (Å²) in [6, 6.07) is 2.54. The number of rotatable bonds is 5. The molecule has 1 aliphatic heterocycles. The third kappa shape index (κ3) is 3.05. The van der Waals surface area contributed by atoms with E-state index in [2.05, 4.69) is 0 Å². The molecule has 0 aromatic heterocycles. The highest BCUT2D eigenvalue weighted by atomic mass is 35.5. The van der Waals surface area contributed by atoms with Crippen molar-refractivity contribution in [3.05, 3.63) is 33.6 Å². The number of nitrogens with zero attached hydrogens (tertiary/aromatic N) is 1. The van der Waals surface area contributed by atoms with E-state index >= 15 is 0 Å². The van der Waals surface area contributed by atoms with Gasteiger partial charge in [0, 0.05) is 5.56 Å². The van der Waals surface area contributed by atoms with Crippen molar-refractivity contribution in [3.8, 4) is 0 Å². The summed E-state index contributed by atoms with van der Waals surface area (Å²) in [5.41, 5.74) is -0.597. The molecule has 7 heteroatoms. The Morgan fingerprint density at radius 3 is 2.73 bits per heavy atom. The minimum atomic E-state index is -0.799. The molecule has 1 aliphatic rings. The first-order chi connectivity index (χ1) is 10.3. The fraction of sp³-hybridized carbons (Fsp3) is 0.533. The van der Waals surface area contributed by atoms with Gasteiger partial charge >= 0.3 is 7.05 Å². The topological polar surface area (TPSA) is 40.5 Å². The van der Waals surface area contributed by atoms with Crippen molar-refractivity contribution in [2.24, 2.45) is 0 Å². The van der Waals surface area contributed by atoms with Crippen LogP contribution in [0.25, 0.3) is 0 Å². The van der Waals surface area contributed by atoms with Gasteiger partial charge in [0.05, 0.1) is 15.6 Å². The monoisotopic (exact) mass is 345 g/mol. The molecule has 1 saturated heterocycles. The second-order valence-electron chi connectivity index (χ2n) is 5.79. The van der Waals surface area contributed by atoms with Crippen LogP contribution in [-0.4, -0.2) is 34.8 Å². The zero-order valence-electron chi connectivity index (χ0n) is 12.7. The van der Waals surface area contributed by atoms with Crippen molar-refractivity contribution >= 4 is 36.0 Å². The average Bonchev–Trinajstić information content (AvgIpc) is 2.89. The molecule has 1 fully saturated rings. The van der Waals surface area contributed by atoms with E-state index in [4.69, 9.17) is 23.2 Å². The Hall–Kier alpha value is -0.615. The SMILES string of the molecule is CCCC1(C(=O)c2cc(F)c(Cl)c(Cl)c2)CCCN1B(C)O. The Labute approximate surface area is 140 Å². The second kappa shape index (κ2) is 6.87. The van der Waals surface area contributed by atoms with Crippen LogP contribution in [0.2, 0.25) is 16.9 Å². The van der Waals surface area contributed by atoms with Crippen LogP contribution in [0.4, 0.5) is 4.39 Å². The molecule has 22 heavy (non-hydrogen) atoms. The van der Waals surface area contributed by atoms with Crippen LogP contribution in [0, 0.1) is 5.82 Å². The van der Waals surface area contributed by atoms with Crippen LogP contribution in [0.5, 0.6) is 0 Å². The molecule has 0 bridgehead atoms. The largest absolute Gasteiger partial charge is 0.437 e. The molecule has 1 atom stereocenters. The molecule has 0 aliphatic carbocycles. The molecule has 0 radical (unpaired) electrons. The van der Waals surface area contributed by atoms with E-state index in [1.807, 2.05) is 6.92 Å². The zero-order chi connectivity index (χ0) is 16.5. The van der Waals surface area contributed by atoms with Gasteiger partial charge in [-0.1, -0.05) is 36.5 Å². The van der Waals surface area contributed by atoms with Gasteiger partial charge in [-0.25, -0.2) is 4.39 Å². The molecular weight excluding hydrogens is 327 g/mol. The molecule has 0 spiro atoms. The Bertz CT molecular complexity index is 562. The van der Waals surface area contributed by atoms with Crippen LogP contribution < -0.4 is 0 Å². The summed E-state index contributed by atoms with van der Waals surface area (Å²) >= 11 is 11.6. The lowest BCUT2D eigenvalue weighted by molar-refractivity contribution is 0.0751. The average molecular weight is 346 g/mol. The lowest BCUT2D eigenvalue weighted by Gasteiger charge is -2.38. The Balaban J connectivity index is 2.47. The van der Waals surface area contributed by atoms with Crippen LogP contribution in [0.3, 0.4) is 0 Å². The lowest BCUT2D eigenvalue weighted by Crippen LogP contribution is -2.55. The molecule has 120 valence electrons. The highest BCUT2D eigenvalue weighted by molar-refractivity contribution is 6.46. The number of benzene rings is 1. The van der Waals surface area contributed by atoms with E-state index in [1.54, 1.807) is 11.6 Å². The van der Waals surface area contributed by atoms with E-state index in [9.17, 15) is 14.2 Å². The normalized spacial score (nSPS) is 22.1. The van der Waals surface area contributed by atoms with Gasteiger partial charge in [-0.05, 0) is 44.8 Å². The molecule has 1 N–H and O–H groups in total. The van der Waals surface area contributed by atoms with Crippen molar-refractivity contribution in [1.82, 2.24) is 4.81 Å². The maximum atomic E-state index is 13.8. The summed E-state index contributed by atoms with van der Waals surface area (Å²) < 4.78 is 13.8. The first kappa shape index (κ1) is 17.7. The third-order valence-electron chi connectivity index (χ3n) is 4.32. The Morgan fingerprint density at radius 1 is 1.50 bits per heavy atom. The summed E-state index contributed by atoms with van der Waals surface area (Å²) in [6.45, 7) is 4.29. The molecule has 0 amide bonds. The number of ketones is 1. The van der Waals surface area contributed by atoms with E-state index in [-0.39, 0.29) is 21.4 Å². The Kier molecular flexibility index (Phi) is 5.54. The van der Waals surface area contributed by atoms with Gasteiger partial charge in [0.2, 0.25) is 0 Å². The van der Waals surface area contributed by atoms with Crippen molar-refractivity contribution in [3.63, 3.8) is 0 Å². The zero-order valence-corrected chi connectivity index (χ0v) is 14.2. The molecule has 0 saturated carbocycles. The summed E-state index contributed by atoms with van der Waals surface area (Å²) in [5.74, 6) is -0.907. The number of carbonyl (C=O) groups excluding carboxylic acids is 1. The summed E-state index contributed by atoms with van der Waals surface area (Å²) in [7, 11) is -0.731. The van der Waals surface area contributed by atoms with E-state index in [0.29, 0.717) is 19.4 Å². The van der Waals surface area contributed by atoms with Crippen molar-refractivity contribution < 1.29 is 14.2 Å². The molecule has 1 heterocycles. The van der Waals surface area contributed by atoms with E-state index < -0.39 is 18.4 Å². The maximum absolute atomic E-state index is 13.8. The quantitative estimate of drug-likeness (QED) is 0.497. The summed E-state index contributed by atoms with van der Waals surface area (Å²) in [4.78, 5) is 14.9. The van der Waals surface area contributed by atoms with Gasteiger partial charge in [-0.3, -0.25) is 4.79 Å². The van der Waals surface area contributed by atoms with Crippen molar-refractivity contribution in [2.75, 3.05) is 6.54 Å². The first-order valence-corrected chi connectivity index (χ1v) is 8.23. The molecule has 1 aromatic carbocycles. The molecule has 1 aromatic rings. The number of halogens is 3. The molecule has 3 nitrogen and oxygen atoms in total. The maximum Gasteiger partial charge on any atom is 0.377 e. The highest BCUT2D eigenvalue weighted by Gasteiger charge is 2.49. The number of Topliss-reactive ketones (excluding diaryl/α,β-unsaturated/α-hetero) is 1. The van der Waals surface area contributed by atoms with Gasteiger partial charge < -0.3 is 9.83 Å². The summed E-state index contributed by atoms with van der Waals surface area (Å²) in [6.07, 6.45) is 2.87. The van der Waals surface area contributed by atoms with Crippen molar-refractivity contribution in [1.29, 1.82) is 0 Å². The Morgan fingerprint density at radius 2 is 2.18 bits per heavy atom. The van der Waals surface area contributed by atoms with Crippen molar-refractivity contribution in [2.45, 2.75) is 45.0 Å². The standard InChI is InChI=1S/C15H19BCl2FNO2/c1-3-5-15(6-4-7-20(15)16(2)22)14(21)10-8-11(17)13(18)12(19)9-10/h8-9,22H,3-7H2,1-2H3. The van der Waals surface area contributed by atoms with Crippen LogP contribution in [0.15, 0.2) is 12.1 Å². The lowest BCUT2D eigenvalue weighted by atomic mass is 9.74. The molecule has 1 unspecified atom stereocenters. The van der Waals surface area contributed by atoms with Gasteiger partial charge in [-0.2, -0.15) is 0 Å². The smallest absolute Gasteiger partial charge is 0.377 e. The number of hydrogen-bond donors (Lipinski definition) is 1. The summed E-state index contributed by atoms with van der Waals surface area (Å²) in [5, 5.41) is 9.86. The minimum absolute atomic E-state index is 0.0262. The first-order valence-electron chi connectivity index (χ1n) is 7.47. The van der Waals surface area contributed by atoms with E-state index in [1.165, 1.54) is 6.07 Å². The van der Waals surface area contributed by atoms with E-state index in [0.717, 1.165) is 18.9 Å². The van der Waals surface area contributed by atoms with Crippen LogP contribution in [-0.2, 0) is 0 Å². The fourth-order valence-corrected chi connectivity index (χ4v) is 3.76. The van der Waals surface area contributed by atoms with Gasteiger partial charge in [-0.15, -0.1) is 0 Å². The van der Waals surface area contributed by atoms with Gasteiger partial charge in [0.1, 0.15) is 5.82 Å². The number of hydrogen-bond acceptors (Lipinski definition) is 3. The van der Waals surface area contributed by atoms with Gasteiger partial charge in [0.25, 0.3) is 0 Å². The van der Waals surface area contributed by atoms with Gasteiger partial charge in [0.15, 0.2) is 5.78 Å². The van der Waals surface area contributed by atoms with Crippen LogP contribution >= 0.6 is 23.2 Å². The minimum Gasteiger partial charge on any atom is -0.437 e. The predicted molar refractivity (Wildman–Crippen MR) is 88.2 cm³/mol. The predicted octanol–water partition coefficient (Wildman–Crippen LogP) is 4.06. The molecule has 2 rings (SSSR count). The number of carbonyl (C=O) groups is 1. The second-order valence-corrected chi connectivity index (χ2v) is 6.58. The van der Waals surface area contributed by atoms with Crippen LogP contribution in [0.1, 0.15) is 43.0 Å². The highest BCUT2D eigenvalue weighted by Crippen LogP contribution is 2.38. The third-order valence-corrected chi connectivity index (χ3v) is 5.10. The molecular formula is C15H19BCl2FNO2. The fourth-order valence-electron chi connectivity index (χ4n) is 3.44.